The molecule has 5 heterocycles. The Labute approximate surface area is 220 Å². The molecule has 5 rings (SSSR count). The maximum atomic E-state index is 12.5. The van der Waals surface area contributed by atoms with Gasteiger partial charge in [0.05, 0.1) is 33.8 Å². The third-order valence-corrected chi connectivity index (χ3v) is 7.10. The van der Waals surface area contributed by atoms with Gasteiger partial charge in [-0.3, -0.25) is 9.78 Å². The van der Waals surface area contributed by atoms with Crippen molar-refractivity contribution in [2.45, 2.75) is 36.9 Å². The highest BCUT2D eigenvalue weighted by Crippen LogP contribution is 2.30. The molecule has 0 amide bonds. The maximum Gasteiger partial charge on any atom is 0.251 e. The lowest BCUT2D eigenvalue weighted by Crippen LogP contribution is -2.43. The smallest absolute Gasteiger partial charge is 0.251 e. The van der Waals surface area contributed by atoms with Gasteiger partial charge in [0, 0.05) is 43.7 Å². The Bertz CT molecular complexity index is 1260. The fourth-order valence-electron chi connectivity index (χ4n) is 4.29. The SMILES string of the molecule is Cl.Cl.N#Cc1cnc2ccc(=O)n(CCN3CCC(NCc4cc5c(nn4)OCCS5)CC3)c2c1. The van der Waals surface area contributed by atoms with Crippen LogP contribution in [0.1, 0.15) is 24.1 Å². The lowest BCUT2D eigenvalue weighted by Gasteiger charge is -2.32. The van der Waals surface area contributed by atoms with E-state index in [0.717, 1.165) is 54.3 Å². The van der Waals surface area contributed by atoms with Crippen molar-refractivity contribution >= 4 is 47.6 Å². The molecule has 12 heteroatoms. The molecule has 1 fully saturated rings. The Hall–Kier alpha value is -2.42. The molecule has 0 spiro atoms. The van der Waals surface area contributed by atoms with Gasteiger partial charge < -0.3 is 19.5 Å². The van der Waals surface area contributed by atoms with E-state index in [1.165, 1.54) is 6.20 Å². The Kier molecular flexibility index (Phi) is 9.71. The van der Waals surface area contributed by atoms with Crippen LogP contribution in [0.15, 0.2) is 40.2 Å². The number of piperidine rings is 1. The molecule has 186 valence electrons. The average molecular weight is 536 g/mol. The molecule has 0 unspecified atom stereocenters. The molecular formula is C23H27Cl2N7O2S. The number of thioether (sulfide) groups is 1. The summed E-state index contributed by atoms with van der Waals surface area (Å²) < 4.78 is 7.25. The van der Waals surface area contributed by atoms with Gasteiger partial charge in [0.2, 0.25) is 5.88 Å². The monoisotopic (exact) mass is 535 g/mol. The highest BCUT2D eigenvalue weighted by molar-refractivity contribution is 7.99. The van der Waals surface area contributed by atoms with Crippen LogP contribution in [-0.4, -0.2) is 62.7 Å². The van der Waals surface area contributed by atoms with Crippen molar-refractivity contribution in [3.8, 4) is 11.9 Å². The summed E-state index contributed by atoms with van der Waals surface area (Å²) in [7, 11) is 0. The number of hydrogen-bond donors (Lipinski definition) is 1. The molecule has 3 aromatic heterocycles. The predicted molar refractivity (Wildman–Crippen MR) is 140 cm³/mol. The first-order valence-corrected chi connectivity index (χ1v) is 12.2. The van der Waals surface area contributed by atoms with E-state index < -0.39 is 0 Å². The third kappa shape index (κ3) is 6.42. The molecule has 2 aliphatic rings. The molecule has 0 radical (unpaired) electrons. The highest BCUT2D eigenvalue weighted by atomic mass is 35.5. The van der Waals surface area contributed by atoms with E-state index in [-0.39, 0.29) is 30.4 Å². The minimum absolute atomic E-state index is 0. The number of nitrogens with zero attached hydrogens (tertiary/aromatic N) is 6. The number of pyridine rings is 2. The number of likely N-dealkylation sites (tertiary alicyclic amines) is 1. The Balaban J connectivity index is 0.00000171. The van der Waals surface area contributed by atoms with E-state index in [1.807, 2.05) is 0 Å². The van der Waals surface area contributed by atoms with E-state index in [1.54, 1.807) is 34.5 Å². The summed E-state index contributed by atoms with van der Waals surface area (Å²) in [6, 6.07) is 9.62. The fraction of sp³-hybridized carbons (Fsp3) is 0.435. The van der Waals surface area contributed by atoms with Crippen LogP contribution in [-0.2, 0) is 13.1 Å². The maximum absolute atomic E-state index is 12.5. The van der Waals surface area contributed by atoms with Crippen LogP contribution >= 0.6 is 36.6 Å². The third-order valence-electron chi connectivity index (χ3n) is 6.12. The van der Waals surface area contributed by atoms with Crippen LogP contribution in [0.2, 0.25) is 0 Å². The molecular weight excluding hydrogens is 509 g/mol. The van der Waals surface area contributed by atoms with Crippen molar-refractivity contribution in [3.63, 3.8) is 0 Å². The van der Waals surface area contributed by atoms with Gasteiger partial charge in [-0.25, -0.2) is 0 Å². The second-order valence-corrected chi connectivity index (χ2v) is 9.40. The second-order valence-electron chi connectivity index (χ2n) is 8.26. The van der Waals surface area contributed by atoms with E-state index in [2.05, 4.69) is 37.5 Å². The molecule has 0 aliphatic carbocycles. The molecule has 2 aliphatic heterocycles. The van der Waals surface area contributed by atoms with Crippen molar-refractivity contribution in [1.29, 1.82) is 5.26 Å². The standard InChI is InChI=1S/C23H25N7O2S.2ClH/c24-13-16-11-20-19(26-14-16)1-2-22(31)30(20)8-7-29-5-3-17(4-6-29)25-15-18-12-21-23(28-27-18)32-9-10-33-21;;/h1-2,11-12,14,17,25H,3-10,15H2;2*1H. The van der Waals surface area contributed by atoms with Gasteiger partial charge in [-0.15, -0.1) is 41.7 Å². The summed E-state index contributed by atoms with van der Waals surface area (Å²) in [5.74, 6) is 1.60. The predicted octanol–water partition coefficient (Wildman–Crippen LogP) is 2.64. The zero-order valence-electron chi connectivity index (χ0n) is 19.1. The van der Waals surface area contributed by atoms with Crippen LogP contribution in [0.25, 0.3) is 11.0 Å². The number of fused-ring (bicyclic) bond motifs is 2. The summed E-state index contributed by atoms with van der Waals surface area (Å²) in [4.78, 5) is 20.2. The summed E-state index contributed by atoms with van der Waals surface area (Å²) >= 11 is 1.77. The van der Waals surface area contributed by atoms with E-state index in [9.17, 15) is 10.1 Å². The van der Waals surface area contributed by atoms with Gasteiger partial charge in [0.25, 0.3) is 5.56 Å². The molecule has 0 aromatic carbocycles. The Morgan fingerprint density at radius 3 is 2.80 bits per heavy atom. The lowest BCUT2D eigenvalue weighted by molar-refractivity contribution is 0.191. The molecule has 9 nitrogen and oxygen atoms in total. The van der Waals surface area contributed by atoms with Gasteiger partial charge >= 0.3 is 0 Å². The summed E-state index contributed by atoms with van der Waals surface area (Å²) in [6.45, 7) is 4.70. The van der Waals surface area contributed by atoms with Crippen molar-refractivity contribution in [3.05, 3.63) is 52.1 Å². The van der Waals surface area contributed by atoms with E-state index in [0.29, 0.717) is 42.7 Å². The summed E-state index contributed by atoms with van der Waals surface area (Å²) in [5.41, 5.74) is 2.78. The zero-order chi connectivity index (χ0) is 22.6. The number of nitrogens with one attached hydrogen (secondary N) is 1. The molecule has 1 saturated heterocycles. The van der Waals surface area contributed by atoms with Gasteiger partial charge in [-0.2, -0.15) is 10.4 Å². The number of aromatic nitrogens is 4. The molecule has 0 atom stereocenters. The normalized spacial score (nSPS) is 15.9. The zero-order valence-corrected chi connectivity index (χ0v) is 21.5. The molecule has 0 bridgehead atoms. The molecule has 35 heavy (non-hydrogen) atoms. The highest BCUT2D eigenvalue weighted by Gasteiger charge is 2.20. The Morgan fingerprint density at radius 2 is 2.00 bits per heavy atom. The molecule has 0 saturated carbocycles. The summed E-state index contributed by atoms with van der Waals surface area (Å²) in [5, 5.41) is 21.3. The Morgan fingerprint density at radius 1 is 1.17 bits per heavy atom. The summed E-state index contributed by atoms with van der Waals surface area (Å²) in [6.07, 6.45) is 3.62. The minimum Gasteiger partial charge on any atom is -0.475 e. The number of ether oxygens (including phenoxy) is 1. The molecule has 1 N–H and O–H groups in total. The van der Waals surface area contributed by atoms with E-state index in [4.69, 9.17) is 4.74 Å². The number of rotatable bonds is 6. The number of hydrogen-bond acceptors (Lipinski definition) is 9. The molecule has 3 aromatic rings. The van der Waals surface area contributed by atoms with Gasteiger partial charge in [0.1, 0.15) is 6.07 Å². The largest absolute Gasteiger partial charge is 0.475 e. The number of nitriles is 1. The first kappa shape index (κ1) is 27.2. The van der Waals surface area contributed by atoms with Gasteiger partial charge in [-0.05, 0) is 44.1 Å². The average Bonchev–Trinajstić information content (AvgIpc) is 2.87. The first-order valence-electron chi connectivity index (χ1n) is 11.2. The minimum atomic E-state index is -0.0642. The van der Waals surface area contributed by atoms with Crippen LogP contribution in [0, 0.1) is 11.3 Å². The number of halogens is 2. The van der Waals surface area contributed by atoms with Crippen molar-refractivity contribution in [1.82, 2.24) is 30.0 Å². The van der Waals surface area contributed by atoms with Gasteiger partial charge in [0.15, 0.2) is 0 Å². The van der Waals surface area contributed by atoms with Crippen LogP contribution in [0.3, 0.4) is 0 Å². The second kappa shape index (κ2) is 12.5. The van der Waals surface area contributed by atoms with Gasteiger partial charge in [-0.1, -0.05) is 0 Å². The lowest BCUT2D eigenvalue weighted by atomic mass is 10.0. The fourth-order valence-corrected chi connectivity index (χ4v) is 5.12. The first-order chi connectivity index (χ1) is 16.2. The quantitative estimate of drug-likeness (QED) is 0.509. The van der Waals surface area contributed by atoms with Crippen LogP contribution < -0.4 is 15.6 Å². The van der Waals surface area contributed by atoms with Crippen molar-refractivity contribution in [2.24, 2.45) is 0 Å². The van der Waals surface area contributed by atoms with Crippen molar-refractivity contribution in [2.75, 3.05) is 32.0 Å². The van der Waals surface area contributed by atoms with E-state index >= 15 is 0 Å². The van der Waals surface area contributed by atoms with Crippen LogP contribution in [0.4, 0.5) is 0 Å². The van der Waals surface area contributed by atoms with Crippen LogP contribution in [0.5, 0.6) is 5.88 Å². The topological polar surface area (TPSA) is 109 Å². The van der Waals surface area contributed by atoms with Crippen molar-refractivity contribution < 1.29 is 4.74 Å².